The van der Waals surface area contributed by atoms with Crippen molar-refractivity contribution in [2.75, 3.05) is 32.8 Å². The number of morpholine rings is 1. The molecule has 0 aromatic heterocycles. The zero-order valence-electron chi connectivity index (χ0n) is 13.8. The summed E-state index contributed by atoms with van der Waals surface area (Å²) in [4.78, 5) is 2.31. The van der Waals surface area contributed by atoms with Crippen molar-refractivity contribution in [1.29, 1.82) is 0 Å². The first-order chi connectivity index (χ1) is 11.3. The molecule has 0 spiro atoms. The van der Waals surface area contributed by atoms with Crippen LogP contribution in [0.1, 0.15) is 37.7 Å². The summed E-state index contributed by atoms with van der Waals surface area (Å²) in [6.45, 7) is 4.30. The van der Waals surface area contributed by atoms with Gasteiger partial charge in [0.1, 0.15) is 5.60 Å². The van der Waals surface area contributed by atoms with E-state index in [2.05, 4.69) is 16.7 Å². The molecule has 1 atom stereocenters. The number of hydrogen-bond donors (Lipinski definition) is 1. The van der Waals surface area contributed by atoms with Gasteiger partial charge in [-0.25, -0.2) is 0 Å². The molecule has 1 aliphatic heterocycles. The third-order valence-corrected chi connectivity index (χ3v) is 5.19. The van der Waals surface area contributed by atoms with Crippen molar-refractivity contribution >= 4 is 0 Å². The molecule has 3 heteroatoms. The van der Waals surface area contributed by atoms with Crippen LogP contribution in [0.15, 0.2) is 30.3 Å². The Morgan fingerprint density at radius 2 is 1.78 bits per heavy atom. The second kappa shape index (κ2) is 7.97. The van der Waals surface area contributed by atoms with E-state index in [1.54, 1.807) is 0 Å². The van der Waals surface area contributed by atoms with Crippen LogP contribution in [0.3, 0.4) is 0 Å². The van der Waals surface area contributed by atoms with E-state index in [-0.39, 0.29) is 0 Å². The van der Waals surface area contributed by atoms with Gasteiger partial charge in [0.15, 0.2) is 0 Å². The largest absolute Gasteiger partial charge is 0.384 e. The second-order valence-electron chi connectivity index (χ2n) is 6.69. The predicted octanol–water partition coefficient (Wildman–Crippen LogP) is 2.79. The average molecular weight is 313 g/mol. The Labute approximate surface area is 139 Å². The molecular formula is C20H27NO2. The van der Waals surface area contributed by atoms with Crippen LogP contribution in [0.25, 0.3) is 0 Å². The molecule has 3 nitrogen and oxygen atoms in total. The van der Waals surface area contributed by atoms with Gasteiger partial charge in [-0.1, -0.05) is 55.0 Å². The first-order valence-electron chi connectivity index (χ1n) is 8.83. The van der Waals surface area contributed by atoms with Crippen molar-refractivity contribution in [3.63, 3.8) is 0 Å². The molecule has 0 amide bonds. The van der Waals surface area contributed by atoms with Crippen molar-refractivity contribution in [3.8, 4) is 11.8 Å². The van der Waals surface area contributed by atoms with Gasteiger partial charge in [-0.15, -0.1) is 0 Å². The molecule has 124 valence electrons. The Bertz CT molecular complexity index is 536. The Balaban J connectivity index is 1.67. The molecule has 23 heavy (non-hydrogen) atoms. The van der Waals surface area contributed by atoms with Gasteiger partial charge in [-0.3, -0.25) is 4.90 Å². The molecule has 0 bridgehead atoms. The van der Waals surface area contributed by atoms with Crippen LogP contribution in [-0.2, 0) is 10.3 Å². The average Bonchev–Trinajstić information content (AvgIpc) is 3.15. The fourth-order valence-corrected chi connectivity index (χ4v) is 3.74. The van der Waals surface area contributed by atoms with Gasteiger partial charge >= 0.3 is 0 Å². The lowest BCUT2D eigenvalue weighted by molar-refractivity contribution is -0.0173. The third-order valence-electron chi connectivity index (χ3n) is 5.19. The lowest BCUT2D eigenvalue weighted by Gasteiger charge is -2.33. The van der Waals surface area contributed by atoms with Crippen molar-refractivity contribution in [1.82, 2.24) is 4.90 Å². The summed E-state index contributed by atoms with van der Waals surface area (Å²) in [7, 11) is 0. The molecule has 3 rings (SSSR count). The molecule has 1 aromatic carbocycles. The monoisotopic (exact) mass is 313 g/mol. The fraction of sp³-hybridized carbons (Fsp3) is 0.600. The first kappa shape index (κ1) is 16.5. The lowest BCUT2D eigenvalue weighted by Crippen LogP contribution is -2.36. The van der Waals surface area contributed by atoms with Crippen LogP contribution in [0.4, 0.5) is 0 Å². The third kappa shape index (κ3) is 4.14. The van der Waals surface area contributed by atoms with Crippen LogP contribution in [0, 0.1) is 17.8 Å². The molecule has 0 unspecified atom stereocenters. The zero-order chi connectivity index (χ0) is 16.0. The fourth-order valence-electron chi connectivity index (χ4n) is 3.74. The molecule has 1 N–H and O–H groups in total. The maximum Gasteiger partial charge on any atom is 0.103 e. The Morgan fingerprint density at radius 3 is 2.48 bits per heavy atom. The summed E-state index contributed by atoms with van der Waals surface area (Å²) in [5.74, 6) is 6.87. The molecule has 0 radical (unpaired) electrons. The summed E-state index contributed by atoms with van der Waals surface area (Å²) in [5, 5.41) is 11.4. The summed E-state index contributed by atoms with van der Waals surface area (Å²) < 4.78 is 5.36. The molecule has 2 fully saturated rings. The van der Waals surface area contributed by atoms with E-state index >= 15 is 0 Å². The van der Waals surface area contributed by atoms with Crippen molar-refractivity contribution < 1.29 is 9.84 Å². The summed E-state index contributed by atoms with van der Waals surface area (Å²) in [6.07, 6.45) is 5.20. The highest BCUT2D eigenvalue weighted by molar-refractivity contribution is 5.26. The molecule has 1 saturated heterocycles. The lowest BCUT2D eigenvalue weighted by atomic mass is 9.78. The van der Waals surface area contributed by atoms with Crippen LogP contribution in [-0.4, -0.2) is 42.9 Å². The van der Waals surface area contributed by atoms with Gasteiger partial charge in [-0.2, -0.15) is 0 Å². The van der Waals surface area contributed by atoms with E-state index < -0.39 is 5.60 Å². The highest BCUT2D eigenvalue weighted by Crippen LogP contribution is 2.42. The SMILES string of the molecule is O[C@@](CC#CCN1CCOCC1)(c1ccccc1)C1CCCC1. The highest BCUT2D eigenvalue weighted by atomic mass is 16.5. The van der Waals surface area contributed by atoms with Crippen LogP contribution in [0.2, 0.25) is 0 Å². The van der Waals surface area contributed by atoms with Gasteiger partial charge in [0.05, 0.1) is 19.8 Å². The number of nitrogens with zero attached hydrogens (tertiary/aromatic N) is 1. The van der Waals surface area contributed by atoms with Crippen LogP contribution in [0.5, 0.6) is 0 Å². The normalized spacial score (nSPS) is 22.3. The minimum absolute atomic E-state index is 0.336. The quantitative estimate of drug-likeness (QED) is 0.868. The zero-order valence-corrected chi connectivity index (χ0v) is 13.8. The number of hydrogen-bond acceptors (Lipinski definition) is 3. The van der Waals surface area contributed by atoms with Gasteiger partial charge in [0.25, 0.3) is 0 Å². The van der Waals surface area contributed by atoms with E-state index in [0.717, 1.165) is 51.3 Å². The van der Waals surface area contributed by atoms with Gasteiger partial charge in [0, 0.05) is 19.5 Å². The number of aliphatic hydroxyl groups is 1. The predicted molar refractivity (Wildman–Crippen MR) is 91.9 cm³/mol. The van der Waals surface area contributed by atoms with Crippen LogP contribution >= 0.6 is 0 Å². The van der Waals surface area contributed by atoms with Crippen LogP contribution < -0.4 is 0 Å². The maximum atomic E-state index is 11.4. The van der Waals surface area contributed by atoms with E-state index in [1.807, 2.05) is 30.3 Å². The Kier molecular flexibility index (Phi) is 5.72. The molecule has 1 aromatic rings. The standard InChI is InChI=1S/C20H27NO2/c22-20(19-10-4-5-11-19,18-8-2-1-3-9-18)12-6-7-13-21-14-16-23-17-15-21/h1-3,8-9,19,22H,4-5,10-17H2/t20-/m0/s1. The molecule has 1 heterocycles. The smallest absolute Gasteiger partial charge is 0.103 e. The van der Waals surface area contributed by atoms with E-state index in [1.165, 1.54) is 12.8 Å². The summed E-state index contributed by atoms with van der Waals surface area (Å²) in [5.41, 5.74) is 0.225. The highest BCUT2D eigenvalue weighted by Gasteiger charge is 2.39. The first-order valence-corrected chi connectivity index (χ1v) is 8.83. The van der Waals surface area contributed by atoms with E-state index in [4.69, 9.17) is 4.74 Å². The Hall–Kier alpha value is -1.34. The van der Waals surface area contributed by atoms with Gasteiger partial charge < -0.3 is 9.84 Å². The number of ether oxygens (including phenoxy) is 1. The summed E-state index contributed by atoms with van der Waals surface area (Å²) in [6, 6.07) is 10.1. The Morgan fingerprint density at radius 1 is 1.09 bits per heavy atom. The topological polar surface area (TPSA) is 32.7 Å². The minimum atomic E-state index is -0.796. The van der Waals surface area contributed by atoms with Crippen molar-refractivity contribution in [2.24, 2.45) is 5.92 Å². The summed E-state index contributed by atoms with van der Waals surface area (Å²) >= 11 is 0. The number of rotatable bonds is 4. The van der Waals surface area contributed by atoms with E-state index in [0.29, 0.717) is 12.3 Å². The van der Waals surface area contributed by atoms with Crippen molar-refractivity contribution in [2.45, 2.75) is 37.7 Å². The van der Waals surface area contributed by atoms with Gasteiger partial charge in [0.2, 0.25) is 0 Å². The number of benzene rings is 1. The molecule has 1 aliphatic carbocycles. The van der Waals surface area contributed by atoms with Gasteiger partial charge in [-0.05, 0) is 24.3 Å². The minimum Gasteiger partial charge on any atom is -0.384 e. The molecular weight excluding hydrogens is 286 g/mol. The molecule has 1 saturated carbocycles. The second-order valence-corrected chi connectivity index (χ2v) is 6.69. The maximum absolute atomic E-state index is 11.4. The molecule has 2 aliphatic rings. The van der Waals surface area contributed by atoms with E-state index in [9.17, 15) is 5.11 Å². The van der Waals surface area contributed by atoms with Crippen molar-refractivity contribution in [3.05, 3.63) is 35.9 Å².